The molecule has 2 aromatic rings. The van der Waals surface area contributed by atoms with Crippen LogP contribution in [0.5, 0.6) is 0 Å². The first-order chi connectivity index (χ1) is 8.42. The lowest BCUT2D eigenvalue weighted by atomic mass is 9.92. The number of hydrogen-bond acceptors (Lipinski definition) is 2. The van der Waals surface area contributed by atoms with Gasteiger partial charge in [0.05, 0.1) is 0 Å². The molecule has 0 unspecified atom stereocenters. The third-order valence-corrected chi connectivity index (χ3v) is 2.72. The molecule has 0 amide bonds. The number of rotatable bonds is 4. The number of benzene rings is 2. The van der Waals surface area contributed by atoms with Crippen LogP contribution in [0.2, 0.25) is 0 Å². The van der Waals surface area contributed by atoms with E-state index in [1.54, 1.807) is 6.26 Å². The first-order valence-corrected chi connectivity index (χ1v) is 5.52. The number of nitrogens with zero attached hydrogens (tertiary/aromatic N) is 1. The van der Waals surface area contributed by atoms with Gasteiger partial charge in [-0.05, 0) is 11.1 Å². The Kier molecular flexibility index (Phi) is 3.77. The molecule has 2 rings (SSSR count). The Morgan fingerprint density at radius 1 is 0.882 bits per heavy atom. The number of nitriles is 1. The fourth-order valence-corrected chi connectivity index (χ4v) is 1.88. The highest BCUT2D eigenvalue weighted by molar-refractivity contribution is 5.32. The van der Waals surface area contributed by atoms with E-state index in [0.717, 1.165) is 11.1 Å². The Morgan fingerprint density at radius 3 is 1.76 bits per heavy atom. The Bertz CT molecular complexity index is 448. The summed E-state index contributed by atoms with van der Waals surface area (Å²) < 4.78 is 4.91. The van der Waals surface area contributed by atoms with E-state index in [1.165, 1.54) is 0 Å². The highest BCUT2D eigenvalue weighted by Crippen LogP contribution is 2.24. The maximum absolute atomic E-state index is 8.54. The van der Waals surface area contributed by atoms with Gasteiger partial charge in [-0.25, -0.2) is 0 Å². The SMILES string of the molecule is N#COCC(c1ccccc1)c1ccccc1. The summed E-state index contributed by atoms with van der Waals surface area (Å²) >= 11 is 0. The summed E-state index contributed by atoms with van der Waals surface area (Å²) in [6.07, 6.45) is 1.74. The summed E-state index contributed by atoms with van der Waals surface area (Å²) in [4.78, 5) is 0. The summed E-state index contributed by atoms with van der Waals surface area (Å²) in [5, 5.41) is 8.54. The van der Waals surface area contributed by atoms with Gasteiger partial charge in [0.25, 0.3) is 6.26 Å². The second kappa shape index (κ2) is 5.72. The Morgan fingerprint density at radius 2 is 1.35 bits per heavy atom. The number of ether oxygens (including phenoxy) is 1. The fraction of sp³-hybridized carbons (Fsp3) is 0.133. The molecule has 0 aliphatic carbocycles. The van der Waals surface area contributed by atoms with Gasteiger partial charge in [-0.3, -0.25) is 0 Å². The molecular formula is C15H13NO. The lowest BCUT2D eigenvalue weighted by Crippen LogP contribution is -2.07. The van der Waals surface area contributed by atoms with E-state index in [-0.39, 0.29) is 5.92 Å². The van der Waals surface area contributed by atoms with Crippen molar-refractivity contribution in [1.82, 2.24) is 0 Å². The Hall–Kier alpha value is -2.27. The number of hydrogen-bond donors (Lipinski definition) is 0. The quantitative estimate of drug-likeness (QED) is 0.745. The van der Waals surface area contributed by atoms with Gasteiger partial charge in [0.15, 0.2) is 0 Å². The molecule has 2 heteroatoms. The average Bonchev–Trinajstić information content (AvgIpc) is 2.42. The minimum atomic E-state index is 0.108. The predicted octanol–water partition coefficient (Wildman–Crippen LogP) is 3.32. The van der Waals surface area contributed by atoms with Crippen LogP contribution < -0.4 is 0 Å². The molecule has 0 bridgehead atoms. The zero-order valence-electron chi connectivity index (χ0n) is 9.41. The average molecular weight is 223 g/mol. The van der Waals surface area contributed by atoms with Crippen molar-refractivity contribution >= 4 is 0 Å². The van der Waals surface area contributed by atoms with Crippen LogP contribution in [0.1, 0.15) is 17.0 Å². The molecule has 0 saturated carbocycles. The van der Waals surface area contributed by atoms with E-state index in [0.29, 0.717) is 6.61 Å². The molecule has 0 aliphatic rings. The summed E-state index contributed by atoms with van der Waals surface area (Å²) in [5.41, 5.74) is 2.32. The molecule has 17 heavy (non-hydrogen) atoms. The molecule has 0 atom stereocenters. The molecule has 0 spiro atoms. The van der Waals surface area contributed by atoms with Crippen LogP contribution >= 0.6 is 0 Å². The zero-order chi connectivity index (χ0) is 11.9. The monoisotopic (exact) mass is 223 g/mol. The predicted molar refractivity (Wildman–Crippen MR) is 66.3 cm³/mol. The standard InChI is InChI=1S/C15H13NO/c16-12-17-11-15(13-7-3-1-4-8-13)14-9-5-2-6-10-14/h1-10,15H,11H2. The van der Waals surface area contributed by atoms with E-state index < -0.39 is 0 Å². The Labute approximate surface area is 101 Å². The summed E-state index contributed by atoms with van der Waals surface area (Å²) in [7, 11) is 0. The van der Waals surface area contributed by atoms with Crippen molar-refractivity contribution < 1.29 is 4.74 Å². The van der Waals surface area contributed by atoms with Crippen LogP contribution in [-0.4, -0.2) is 6.61 Å². The lowest BCUT2D eigenvalue weighted by Gasteiger charge is -2.15. The molecule has 0 radical (unpaired) electrons. The van der Waals surface area contributed by atoms with E-state index >= 15 is 0 Å². The maximum atomic E-state index is 8.54. The van der Waals surface area contributed by atoms with Crippen molar-refractivity contribution in [3.8, 4) is 6.26 Å². The highest BCUT2D eigenvalue weighted by Gasteiger charge is 2.14. The smallest absolute Gasteiger partial charge is 0.286 e. The van der Waals surface area contributed by atoms with Crippen LogP contribution in [0.15, 0.2) is 60.7 Å². The van der Waals surface area contributed by atoms with E-state index in [4.69, 9.17) is 10.00 Å². The van der Waals surface area contributed by atoms with Crippen molar-refractivity contribution in [2.45, 2.75) is 5.92 Å². The minimum absolute atomic E-state index is 0.108. The van der Waals surface area contributed by atoms with Gasteiger partial charge < -0.3 is 4.74 Å². The third kappa shape index (κ3) is 2.85. The van der Waals surface area contributed by atoms with Crippen LogP contribution in [0.4, 0.5) is 0 Å². The fourth-order valence-electron chi connectivity index (χ4n) is 1.88. The van der Waals surface area contributed by atoms with Gasteiger partial charge >= 0.3 is 0 Å². The highest BCUT2D eigenvalue weighted by atomic mass is 16.5. The first-order valence-electron chi connectivity index (χ1n) is 5.52. The Balaban J connectivity index is 2.30. The van der Waals surface area contributed by atoms with Gasteiger partial charge in [0.2, 0.25) is 0 Å². The van der Waals surface area contributed by atoms with Gasteiger partial charge in [0, 0.05) is 5.92 Å². The minimum Gasteiger partial charge on any atom is -0.427 e. The van der Waals surface area contributed by atoms with E-state index in [2.05, 4.69) is 24.3 Å². The molecule has 0 aliphatic heterocycles. The van der Waals surface area contributed by atoms with Crippen molar-refractivity contribution in [3.05, 3.63) is 71.8 Å². The van der Waals surface area contributed by atoms with Crippen LogP contribution in [0.25, 0.3) is 0 Å². The molecule has 0 fully saturated rings. The second-order valence-electron chi connectivity index (χ2n) is 3.78. The molecule has 0 N–H and O–H groups in total. The molecule has 0 saturated heterocycles. The normalized spacial score (nSPS) is 9.88. The molecule has 2 nitrogen and oxygen atoms in total. The molecule has 84 valence electrons. The zero-order valence-corrected chi connectivity index (χ0v) is 9.41. The van der Waals surface area contributed by atoms with Crippen molar-refractivity contribution in [2.75, 3.05) is 6.61 Å². The van der Waals surface area contributed by atoms with Crippen molar-refractivity contribution in [2.24, 2.45) is 0 Å². The largest absolute Gasteiger partial charge is 0.427 e. The van der Waals surface area contributed by atoms with E-state index in [9.17, 15) is 0 Å². The van der Waals surface area contributed by atoms with Gasteiger partial charge in [-0.1, -0.05) is 60.7 Å². The van der Waals surface area contributed by atoms with Crippen LogP contribution in [0, 0.1) is 11.5 Å². The lowest BCUT2D eigenvalue weighted by molar-refractivity contribution is 0.258. The van der Waals surface area contributed by atoms with Gasteiger partial charge in [-0.2, -0.15) is 5.26 Å². The maximum Gasteiger partial charge on any atom is 0.286 e. The third-order valence-electron chi connectivity index (χ3n) is 2.72. The van der Waals surface area contributed by atoms with Crippen molar-refractivity contribution in [3.63, 3.8) is 0 Å². The van der Waals surface area contributed by atoms with E-state index in [1.807, 2.05) is 36.4 Å². The van der Waals surface area contributed by atoms with Gasteiger partial charge in [-0.15, -0.1) is 0 Å². The molecular weight excluding hydrogens is 210 g/mol. The molecule has 0 heterocycles. The topological polar surface area (TPSA) is 33.0 Å². The summed E-state index contributed by atoms with van der Waals surface area (Å²) in [6, 6.07) is 20.2. The first kappa shape index (κ1) is 11.2. The second-order valence-corrected chi connectivity index (χ2v) is 3.78. The molecule has 0 aromatic heterocycles. The van der Waals surface area contributed by atoms with Gasteiger partial charge in [0.1, 0.15) is 6.61 Å². The summed E-state index contributed by atoms with van der Waals surface area (Å²) in [6.45, 7) is 0.379. The van der Waals surface area contributed by atoms with Crippen LogP contribution in [-0.2, 0) is 4.74 Å². The molecule has 2 aromatic carbocycles. The van der Waals surface area contributed by atoms with Crippen molar-refractivity contribution in [1.29, 1.82) is 5.26 Å². The van der Waals surface area contributed by atoms with Crippen LogP contribution in [0.3, 0.4) is 0 Å². The summed E-state index contributed by atoms with van der Waals surface area (Å²) in [5.74, 6) is 0.108.